The van der Waals surface area contributed by atoms with E-state index in [0.29, 0.717) is 6.10 Å². The second kappa shape index (κ2) is 7.30. The van der Waals surface area contributed by atoms with Crippen LogP contribution >= 0.6 is 0 Å². The monoisotopic (exact) mass is 186 g/mol. The van der Waals surface area contributed by atoms with Gasteiger partial charge in [-0.05, 0) is 32.4 Å². The quantitative estimate of drug-likeness (QED) is 0.580. The minimum absolute atomic E-state index is 0.481. The molecule has 0 saturated carbocycles. The van der Waals surface area contributed by atoms with E-state index in [1.54, 1.807) is 0 Å². The van der Waals surface area contributed by atoms with Crippen molar-refractivity contribution in [2.45, 2.75) is 38.2 Å². The largest absolute Gasteiger partial charge is 0.377 e. The molecule has 0 aliphatic carbocycles. The van der Waals surface area contributed by atoms with Crippen LogP contribution in [0.3, 0.4) is 0 Å². The smallest absolute Gasteiger partial charge is 0.0711 e. The molecule has 0 radical (unpaired) electrons. The van der Waals surface area contributed by atoms with Gasteiger partial charge in [0.2, 0.25) is 0 Å². The Labute approximate surface area is 81.0 Å². The van der Waals surface area contributed by atoms with Crippen molar-refractivity contribution in [1.29, 1.82) is 0 Å². The molecule has 0 unspecified atom stereocenters. The molecule has 1 aliphatic heterocycles. The Balaban J connectivity index is 1.78. The van der Waals surface area contributed by atoms with Crippen LogP contribution in [0.2, 0.25) is 0 Å². The molecule has 1 atom stereocenters. The normalized spacial score (nSPS) is 22.4. The zero-order valence-electron chi connectivity index (χ0n) is 8.43. The Morgan fingerprint density at radius 2 is 2.08 bits per heavy atom. The Hall–Kier alpha value is -0.120. The van der Waals surface area contributed by atoms with Crippen LogP contribution in [-0.4, -0.2) is 32.3 Å². The average Bonchev–Trinajstić information content (AvgIpc) is 2.63. The molecule has 0 aromatic carbocycles. The van der Waals surface area contributed by atoms with Crippen molar-refractivity contribution in [1.82, 2.24) is 5.32 Å². The molecule has 0 spiro atoms. The molecule has 0 aromatic rings. The van der Waals surface area contributed by atoms with Gasteiger partial charge in [0, 0.05) is 13.2 Å². The Bertz CT molecular complexity index is 113. The van der Waals surface area contributed by atoms with E-state index in [0.717, 1.165) is 32.7 Å². The minimum Gasteiger partial charge on any atom is -0.377 e. The summed E-state index contributed by atoms with van der Waals surface area (Å²) in [5, 5.41) is 3.29. The van der Waals surface area contributed by atoms with E-state index in [9.17, 15) is 0 Å². The van der Waals surface area contributed by atoms with E-state index in [2.05, 4.69) is 5.32 Å². The van der Waals surface area contributed by atoms with E-state index >= 15 is 0 Å². The topological polar surface area (TPSA) is 47.3 Å². The van der Waals surface area contributed by atoms with Gasteiger partial charge in [0.05, 0.1) is 6.10 Å². The van der Waals surface area contributed by atoms with Gasteiger partial charge in [0.15, 0.2) is 0 Å². The van der Waals surface area contributed by atoms with Gasteiger partial charge >= 0.3 is 0 Å². The summed E-state index contributed by atoms with van der Waals surface area (Å²) in [6.45, 7) is 3.92. The zero-order valence-corrected chi connectivity index (χ0v) is 8.43. The summed E-state index contributed by atoms with van der Waals surface area (Å²) in [6.07, 6.45) is 6.53. The van der Waals surface area contributed by atoms with Crippen molar-refractivity contribution >= 4 is 0 Å². The number of nitrogens with two attached hydrogens (primary N) is 1. The number of ether oxygens (including phenoxy) is 1. The summed E-state index contributed by atoms with van der Waals surface area (Å²) in [5.41, 5.74) is 5.40. The fourth-order valence-electron chi connectivity index (χ4n) is 1.62. The van der Waals surface area contributed by atoms with Gasteiger partial charge in [-0.2, -0.15) is 0 Å². The van der Waals surface area contributed by atoms with Crippen molar-refractivity contribution in [3.8, 4) is 0 Å². The maximum Gasteiger partial charge on any atom is 0.0711 e. The first kappa shape index (κ1) is 11.0. The van der Waals surface area contributed by atoms with Crippen molar-refractivity contribution < 1.29 is 4.74 Å². The van der Waals surface area contributed by atoms with Crippen LogP contribution in [-0.2, 0) is 4.74 Å². The SMILES string of the molecule is NCCCCCCO[C@@H]1CCNC1. The molecule has 1 fully saturated rings. The highest BCUT2D eigenvalue weighted by Crippen LogP contribution is 2.05. The van der Waals surface area contributed by atoms with E-state index in [4.69, 9.17) is 10.5 Å². The van der Waals surface area contributed by atoms with E-state index < -0.39 is 0 Å². The number of unbranched alkanes of at least 4 members (excludes halogenated alkanes) is 3. The fourth-order valence-corrected chi connectivity index (χ4v) is 1.62. The first-order chi connectivity index (χ1) is 6.43. The van der Waals surface area contributed by atoms with Gasteiger partial charge in [0.25, 0.3) is 0 Å². The lowest BCUT2D eigenvalue weighted by Gasteiger charge is -2.09. The Morgan fingerprint density at radius 1 is 1.23 bits per heavy atom. The highest BCUT2D eigenvalue weighted by Gasteiger charge is 2.13. The average molecular weight is 186 g/mol. The summed E-state index contributed by atoms with van der Waals surface area (Å²) >= 11 is 0. The molecule has 1 rings (SSSR count). The van der Waals surface area contributed by atoms with Crippen molar-refractivity contribution in [3.05, 3.63) is 0 Å². The van der Waals surface area contributed by atoms with Gasteiger partial charge < -0.3 is 15.8 Å². The fraction of sp³-hybridized carbons (Fsp3) is 1.00. The molecular formula is C10H22N2O. The van der Waals surface area contributed by atoms with Crippen LogP contribution in [0.25, 0.3) is 0 Å². The number of hydrogen-bond acceptors (Lipinski definition) is 3. The van der Waals surface area contributed by atoms with Crippen LogP contribution in [0.5, 0.6) is 0 Å². The van der Waals surface area contributed by atoms with Crippen LogP contribution in [0, 0.1) is 0 Å². The van der Waals surface area contributed by atoms with Crippen molar-refractivity contribution in [2.75, 3.05) is 26.2 Å². The van der Waals surface area contributed by atoms with E-state index in [1.807, 2.05) is 0 Å². The highest BCUT2D eigenvalue weighted by molar-refractivity contribution is 4.70. The summed E-state index contributed by atoms with van der Waals surface area (Å²) in [5.74, 6) is 0. The molecule has 78 valence electrons. The molecule has 0 amide bonds. The molecule has 1 heterocycles. The Morgan fingerprint density at radius 3 is 2.77 bits per heavy atom. The molecule has 1 aliphatic rings. The standard InChI is InChI=1S/C10H22N2O/c11-6-3-1-2-4-8-13-10-5-7-12-9-10/h10,12H,1-9,11H2/t10-/m1/s1. The molecule has 1 saturated heterocycles. The number of nitrogens with one attached hydrogen (secondary N) is 1. The first-order valence-corrected chi connectivity index (χ1v) is 5.46. The third kappa shape index (κ3) is 5.24. The maximum atomic E-state index is 5.69. The van der Waals surface area contributed by atoms with Gasteiger partial charge in [-0.1, -0.05) is 12.8 Å². The van der Waals surface area contributed by atoms with E-state index in [1.165, 1.54) is 25.7 Å². The predicted molar refractivity (Wildman–Crippen MR) is 54.7 cm³/mol. The van der Waals surface area contributed by atoms with Gasteiger partial charge in [-0.25, -0.2) is 0 Å². The molecule has 3 heteroatoms. The molecule has 0 bridgehead atoms. The minimum atomic E-state index is 0.481. The Kier molecular flexibility index (Phi) is 6.15. The second-order valence-electron chi connectivity index (χ2n) is 3.69. The predicted octanol–water partition coefficient (Wildman–Crippen LogP) is 0.884. The molecular weight excluding hydrogens is 164 g/mol. The van der Waals surface area contributed by atoms with E-state index in [-0.39, 0.29) is 0 Å². The summed E-state index contributed by atoms with van der Waals surface area (Å²) in [6, 6.07) is 0. The highest BCUT2D eigenvalue weighted by atomic mass is 16.5. The first-order valence-electron chi connectivity index (χ1n) is 5.46. The van der Waals surface area contributed by atoms with Crippen LogP contribution in [0.4, 0.5) is 0 Å². The second-order valence-corrected chi connectivity index (χ2v) is 3.69. The molecule has 13 heavy (non-hydrogen) atoms. The maximum absolute atomic E-state index is 5.69. The molecule has 3 N–H and O–H groups in total. The van der Waals surface area contributed by atoms with Gasteiger partial charge in [-0.3, -0.25) is 0 Å². The van der Waals surface area contributed by atoms with Crippen LogP contribution in [0.1, 0.15) is 32.1 Å². The third-order valence-corrected chi connectivity index (χ3v) is 2.47. The molecule has 3 nitrogen and oxygen atoms in total. The zero-order chi connectivity index (χ0) is 9.36. The van der Waals surface area contributed by atoms with Crippen LogP contribution < -0.4 is 11.1 Å². The van der Waals surface area contributed by atoms with Crippen molar-refractivity contribution in [3.63, 3.8) is 0 Å². The van der Waals surface area contributed by atoms with Gasteiger partial charge in [-0.15, -0.1) is 0 Å². The lowest BCUT2D eigenvalue weighted by Crippen LogP contribution is -2.17. The van der Waals surface area contributed by atoms with Crippen molar-refractivity contribution in [2.24, 2.45) is 5.73 Å². The van der Waals surface area contributed by atoms with Crippen LogP contribution in [0.15, 0.2) is 0 Å². The molecule has 0 aromatic heterocycles. The summed E-state index contributed by atoms with van der Waals surface area (Å²) in [7, 11) is 0. The number of rotatable bonds is 7. The van der Waals surface area contributed by atoms with Gasteiger partial charge in [0.1, 0.15) is 0 Å². The lowest BCUT2D eigenvalue weighted by atomic mass is 10.2. The summed E-state index contributed by atoms with van der Waals surface area (Å²) in [4.78, 5) is 0. The lowest BCUT2D eigenvalue weighted by molar-refractivity contribution is 0.0642. The third-order valence-electron chi connectivity index (χ3n) is 2.47. The number of hydrogen-bond donors (Lipinski definition) is 2. The summed E-state index contributed by atoms with van der Waals surface area (Å²) < 4.78 is 5.69.